The number of halogens is 2. The molecule has 0 saturated carbocycles. The van der Waals surface area contributed by atoms with Gasteiger partial charge in [0, 0.05) is 20.5 Å². The number of H-pyrrole nitrogens is 1. The van der Waals surface area contributed by atoms with Gasteiger partial charge in [-0.3, -0.25) is 4.79 Å². The second-order valence-corrected chi connectivity index (χ2v) is 5.52. The minimum absolute atomic E-state index is 0.110. The molecule has 88 valence electrons. The molecule has 2 nitrogen and oxygen atoms in total. The van der Waals surface area contributed by atoms with E-state index in [9.17, 15) is 4.79 Å². The fraction of sp³-hybridized carbons (Fsp3) is 0.154. The molecule has 1 aromatic heterocycles. The summed E-state index contributed by atoms with van der Waals surface area (Å²) in [5, 5.41) is 0.268. The molecule has 2 rings (SSSR count). The fourth-order valence-electron chi connectivity index (χ4n) is 1.81. The maximum absolute atomic E-state index is 12.1. The zero-order valence-electron chi connectivity index (χ0n) is 9.47. The highest BCUT2D eigenvalue weighted by Gasteiger charge is 2.12. The van der Waals surface area contributed by atoms with Gasteiger partial charge >= 0.3 is 0 Å². The first-order valence-electron chi connectivity index (χ1n) is 5.15. The van der Waals surface area contributed by atoms with Gasteiger partial charge in [-0.15, -0.1) is 0 Å². The molecule has 0 bridgehead atoms. The van der Waals surface area contributed by atoms with Crippen LogP contribution in [0.1, 0.15) is 11.4 Å². The molecule has 0 aliphatic carbocycles. The maximum atomic E-state index is 12.1. The van der Waals surface area contributed by atoms with Crippen LogP contribution in [0, 0.1) is 17.4 Å². The first kappa shape index (κ1) is 12.6. The SMILES string of the molecule is Cc1[nH]c(C)c(-c2ccc(I)cc2)c(=O)c1Cl. The third-order valence-corrected chi connectivity index (χ3v) is 3.81. The average Bonchev–Trinajstić information content (AvgIpc) is 2.29. The van der Waals surface area contributed by atoms with Crippen molar-refractivity contribution in [1.82, 2.24) is 4.98 Å². The summed E-state index contributed by atoms with van der Waals surface area (Å²) in [4.78, 5) is 15.3. The van der Waals surface area contributed by atoms with Gasteiger partial charge in [0.2, 0.25) is 5.43 Å². The van der Waals surface area contributed by atoms with Crippen molar-refractivity contribution in [3.05, 3.63) is 54.5 Å². The Balaban J connectivity index is 2.72. The van der Waals surface area contributed by atoms with Gasteiger partial charge in [0.25, 0.3) is 0 Å². The molecular weight excluding hydrogens is 349 g/mol. The third-order valence-electron chi connectivity index (χ3n) is 2.64. The molecule has 0 saturated heterocycles. The van der Waals surface area contributed by atoms with E-state index in [1.54, 1.807) is 6.92 Å². The molecule has 0 atom stereocenters. The molecule has 1 N–H and O–H groups in total. The molecule has 0 aliphatic rings. The highest BCUT2D eigenvalue weighted by Crippen LogP contribution is 2.22. The van der Waals surface area contributed by atoms with Crippen LogP contribution in [0.4, 0.5) is 0 Å². The second-order valence-electron chi connectivity index (χ2n) is 3.90. The Kier molecular flexibility index (Phi) is 3.58. The molecule has 0 fully saturated rings. The Morgan fingerprint density at radius 3 is 2.29 bits per heavy atom. The number of aryl methyl sites for hydroxylation is 2. The number of rotatable bonds is 1. The lowest BCUT2D eigenvalue weighted by Gasteiger charge is -2.08. The van der Waals surface area contributed by atoms with Crippen molar-refractivity contribution >= 4 is 34.2 Å². The van der Waals surface area contributed by atoms with E-state index in [0.29, 0.717) is 11.3 Å². The van der Waals surface area contributed by atoms with Crippen LogP contribution in [0.25, 0.3) is 11.1 Å². The van der Waals surface area contributed by atoms with Crippen LogP contribution < -0.4 is 5.43 Å². The van der Waals surface area contributed by atoms with E-state index < -0.39 is 0 Å². The standard InChI is InChI=1S/C13H11ClINO/c1-7-11(9-3-5-10(15)6-4-9)13(17)12(14)8(2)16-7/h3-6H,1-2H3,(H,16,17). The molecule has 0 unspecified atom stereocenters. The molecule has 0 spiro atoms. The summed E-state index contributed by atoms with van der Waals surface area (Å²) in [6.07, 6.45) is 0. The molecular formula is C13H11ClINO. The lowest BCUT2D eigenvalue weighted by Crippen LogP contribution is -2.11. The van der Waals surface area contributed by atoms with Crippen LogP contribution in [0.5, 0.6) is 0 Å². The van der Waals surface area contributed by atoms with Crippen molar-refractivity contribution in [3.63, 3.8) is 0 Å². The monoisotopic (exact) mass is 359 g/mol. The second kappa shape index (κ2) is 4.82. The van der Waals surface area contributed by atoms with Gasteiger partial charge in [-0.05, 0) is 54.1 Å². The summed E-state index contributed by atoms with van der Waals surface area (Å²) in [6, 6.07) is 7.82. The van der Waals surface area contributed by atoms with E-state index in [-0.39, 0.29) is 10.5 Å². The Hall–Kier alpha value is -0.810. The normalized spacial score (nSPS) is 10.6. The number of benzene rings is 1. The number of aromatic nitrogens is 1. The Morgan fingerprint density at radius 2 is 1.71 bits per heavy atom. The van der Waals surface area contributed by atoms with Gasteiger partial charge in [0.1, 0.15) is 5.02 Å². The summed E-state index contributed by atoms with van der Waals surface area (Å²) in [6.45, 7) is 3.69. The Bertz CT molecular complexity index is 617. The first-order chi connectivity index (χ1) is 8.00. The van der Waals surface area contributed by atoms with Crippen LogP contribution in [0.2, 0.25) is 5.02 Å². The van der Waals surface area contributed by atoms with Crippen molar-refractivity contribution in [2.75, 3.05) is 0 Å². The van der Waals surface area contributed by atoms with Gasteiger partial charge < -0.3 is 4.98 Å². The van der Waals surface area contributed by atoms with Gasteiger partial charge in [-0.25, -0.2) is 0 Å². The van der Waals surface area contributed by atoms with E-state index in [0.717, 1.165) is 14.8 Å². The molecule has 4 heteroatoms. The van der Waals surface area contributed by atoms with Crippen LogP contribution >= 0.6 is 34.2 Å². The van der Waals surface area contributed by atoms with E-state index in [2.05, 4.69) is 27.6 Å². The quantitative estimate of drug-likeness (QED) is 0.769. The molecule has 2 aromatic rings. The molecule has 0 radical (unpaired) electrons. The van der Waals surface area contributed by atoms with Crippen LogP contribution in [0.15, 0.2) is 29.1 Å². The molecule has 0 amide bonds. The van der Waals surface area contributed by atoms with Crippen LogP contribution in [-0.4, -0.2) is 4.98 Å². The van der Waals surface area contributed by atoms with Gasteiger partial charge in [0.05, 0.1) is 0 Å². The van der Waals surface area contributed by atoms with E-state index >= 15 is 0 Å². The highest BCUT2D eigenvalue weighted by atomic mass is 127. The number of hydrogen-bond donors (Lipinski definition) is 1. The smallest absolute Gasteiger partial charge is 0.208 e. The van der Waals surface area contributed by atoms with Gasteiger partial charge in [-0.2, -0.15) is 0 Å². The fourth-order valence-corrected chi connectivity index (χ4v) is 2.31. The van der Waals surface area contributed by atoms with Gasteiger partial charge in [-0.1, -0.05) is 23.7 Å². The number of aromatic amines is 1. The zero-order valence-corrected chi connectivity index (χ0v) is 12.4. The van der Waals surface area contributed by atoms with Crippen LogP contribution in [-0.2, 0) is 0 Å². The predicted molar refractivity (Wildman–Crippen MR) is 79.7 cm³/mol. The molecule has 1 aromatic carbocycles. The van der Waals surface area contributed by atoms with Crippen molar-refractivity contribution < 1.29 is 0 Å². The summed E-state index contributed by atoms with van der Waals surface area (Å²) < 4.78 is 1.14. The topological polar surface area (TPSA) is 32.9 Å². The Morgan fingerprint density at radius 1 is 1.12 bits per heavy atom. The lowest BCUT2D eigenvalue weighted by molar-refractivity contribution is 1.11. The zero-order chi connectivity index (χ0) is 12.6. The van der Waals surface area contributed by atoms with E-state index in [1.165, 1.54) is 0 Å². The molecule has 0 aliphatic heterocycles. The third kappa shape index (κ3) is 2.40. The minimum atomic E-state index is -0.110. The van der Waals surface area contributed by atoms with E-state index in [4.69, 9.17) is 11.6 Å². The summed E-state index contributed by atoms with van der Waals surface area (Å²) in [7, 11) is 0. The van der Waals surface area contributed by atoms with Crippen LogP contribution in [0.3, 0.4) is 0 Å². The minimum Gasteiger partial charge on any atom is -0.361 e. The van der Waals surface area contributed by atoms with Crippen molar-refractivity contribution in [2.45, 2.75) is 13.8 Å². The van der Waals surface area contributed by atoms with Crippen molar-refractivity contribution in [1.29, 1.82) is 0 Å². The lowest BCUT2D eigenvalue weighted by atomic mass is 10.0. The molecule has 1 heterocycles. The highest BCUT2D eigenvalue weighted by molar-refractivity contribution is 14.1. The van der Waals surface area contributed by atoms with E-state index in [1.807, 2.05) is 31.2 Å². The average molecular weight is 360 g/mol. The largest absolute Gasteiger partial charge is 0.361 e. The maximum Gasteiger partial charge on any atom is 0.208 e. The summed E-state index contributed by atoms with van der Waals surface area (Å²) >= 11 is 8.22. The number of nitrogens with one attached hydrogen (secondary N) is 1. The first-order valence-corrected chi connectivity index (χ1v) is 6.61. The summed E-state index contributed by atoms with van der Waals surface area (Å²) in [5.74, 6) is 0. The predicted octanol–water partition coefficient (Wildman–Crippen LogP) is 3.92. The Labute approximate surface area is 118 Å². The molecule has 17 heavy (non-hydrogen) atoms. The summed E-state index contributed by atoms with van der Waals surface area (Å²) in [5.41, 5.74) is 2.99. The van der Waals surface area contributed by atoms with Gasteiger partial charge in [0.15, 0.2) is 0 Å². The van der Waals surface area contributed by atoms with Crippen molar-refractivity contribution in [2.24, 2.45) is 0 Å². The van der Waals surface area contributed by atoms with Crippen molar-refractivity contribution in [3.8, 4) is 11.1 Å². The number of pyridine rings is 1. The number of hydrogen-bond acceptors (Lipinski definition) is 1.